The molecule has 0 saturated carbocycles. The molecule has 7 nitrogen and oxygen atoms in total. The number of esters is 1. The van der Waals surface area contributed by atoms with Crippen molar-refractivity contribution in [2.75, 3.05) is 26.4 Å². The van der Waals surface area contributed by atoms with E-state index in [1.54, 1.807) is 0 Å². The molecule has 0 aromatic carbocycles. The van der Waals surface area contributed by atoms with Gasteiger partial charge in [0.05, 0.1) is 25.4 Å². The van der Waals surface area contributed by atoms with Gasteiger partial charge < -0.3 is 24.6 Å². The lowest BCUT2D eigenvalue weighted by Crippen LogP contribution is -2.30. The van der Waals surface area contributed by atoms with Crippen LogP contribution in [0.15, 0.2) is 0 Å². The van der Waals surface area contributed by atoms with Gasteiger partial charge in [-0.3, -0.25) is 9.59 Å². The van der Waals surface area contributed by atoms with Crippen LogP contribution in [0.5, 0.6) is 0 Å². The predicted octanol–water partition coefficient (Wildman–Crippen LogP) is 1.27. The Morgan fingerprint density at radius 1 is 1.30 bits per heavy atom. The first-order valence-corrected chi connectivity index (χ1v) is 7.65. The second-order valence-electron chi connectivity index (χ2n) is 5.47. The zero-order chi connectivity index (χ0) is 17.0. The lowest BCUT2D eigenvalue weighted by molar-refractivity contribution is -0.144. The maximum atomic E-state index is 10.8. The van der Waals surface area contributed by atoms with Crippen molar-refractivity contribution in [1.82, 2.24) is 5.32 Å². The second kappa shape index (κ2) is 14.4. The van der Waals surface area contributed by atoms with Crippen LogP contribution in [-0.2, 0) is 23.8 Å². The molecule has 138 valence electrons. The Labute approximate surface area is 139 Å². The summed E-state index contributed by atoms with van der Waals surface area (Å²) in [5.74, 6) is -0.282. The highest BCUT2D eigenvalue weighted by atomic mass is 16.6. The molecule has 1 atom stereocenters. The third-order valence-corrected chi connectivity index (χ3v) is 2.57. The van der Waals surface area contributed by atoms with Crippen LogP contribution in [-0.4, -0.2) is 61.7 Å². The third kappa shape index (κ3) is 15.5. The largest absolute Gasteiger partial charge is 0.460 e. The number of rotatable bonds is 8. The fourth-order valence-electron chi connectivity index (χ4n) is 1.49. The first-order chi connectivity index (χ1) is 10.3. The minimum absolute atomic E-state index is 0. The fourth-order valence-corrected chi connectivity index (χ4v) is 1.49. The van der Waals surface area contributed by atoms with E-state index in [0.29, 0.717) is 19.6 Å². The number of carbonyl (C=O) groups excluding carboxylic acids is 2. The molecule has 0 bridgehead atoms. The van der Waals surface area contributed by atoms with Gasteiger partial charge in [0.1, 0.15) is 12.7 Å². The number of hydrogen-bond donors (Lipinski definition) is 2. The predicted molar refractivity (Wildman–Crippen MR) is 88.1 cm³/mol. The van der Waals surface area contributed by atoms with E-state index in [0.717, 1.165) is 6.42 Å². The highest BCUT2D eigenvalue weighted by molar-refractivity contribution is 5.77. The molecular formula is C16H33NO6. The molecule has 23 heavy (non-hydrogen) atoms. The van der Waals surface area contributed by atoms with Gasteiger partial charge in [0.15, 0.2) is 0 Å². The average Bonchev–Trinajstić information content (AvgIpc) is 2.87. The summed E-state index contributed by atoms with van der Waals surface area (Å²) in [6.07, 6.45) is 1.64. The molecule has 7 heteroatoms. The van der Waals surface area contributed by atoms with Gasteiger partial charge in [0.25, 0.3) is 0 Å². The summed E-state index contributed by atoms with van der Waals surface area (Å²) in [5.41, 5.74) is 0. The molecule has 0 aromatic heterocycles. The quantitative estimate of drug-likeness (QED) is 0.649. The van der Waals surface area contributed by atoms with Crippen molar-refractivity contribution in [2.45, 2.75) is 66.3 Å². The van der Waals surface area contributed by atoms with E-state index in [1.165, 1.54) is 0 Å². The molecule has 1 unspecified atom stereocenters. The Hall–Kier alpha value is -1.18. The molecule has 1 fully saturated rings. The fraction of sp³-hybridized carbons (Fsp3) is 0.875. The standard InChI is InChI=1S/C8H14O3.C7H15NO3.CH4/c1-6(2)10-5-7-3-4-8(9)11-7;1-6(2)11-5-7(10)8-3-4-9;/h6-7H,3-5H2,1-2H3;6,9H,3-5H2,1-2H3,(H,8,10);1H4. The van der Waals surface area contributed by atoms with E-state index in [-0.39, 0.29) is 50.8 Å². The van der Waals surface area contributed by atoms with Crippen LogP contribution >= 0.6 is 0 Å². The number of carbonyl (C=O) groups is 2. The number of cyclic esters (lactones) is 1. The normalized spacial score (nSPS) is 16.5. The zero-order valence-corrected chi connectivity index (χ0v) is 14.0. The van der Waals surface area contributed by atoms with Crippen molar-refractivity contribution < 1.29 is 28.9 Å². The van der Waals surface area contributed by atoms with Gasteiger partial charge in [0, 0.05) is 13.0 Å². The molecule has 1 amide bonds. The number of hydrogen-bond acceptors (Lipinski definition) is 6. The summed E-state index contributed by atoms with van der Waals surface area (Å²) in [6, 6.07) is 0. The topological polar surface area (TPSA) is 94.1 Å². The number of aliphatic hydroxyl groups excluding tert-OH is 1. The summed E-state index contributed by atoms with van der Waals surface area (Å²) in [7, 11) is 0. The number of aliphatic hydroxyl groups is 1. The van der Waals surface area contributed by atoms with Crippen LogP contribution in [0.4, 0.5) is 0 Å². The van der Waals surface area contributed by atoms with Gasteiger partial charge in [-0.15, -0.1) is 0 Å². The van der Waals surface area contributed by atoms with Crippen molar-refractivity contribution in [3.05, 3.63) is 0 Å². The summed E-state index contributed by atoms with van der Waals surface area (Å²) in [6.45, 7) is 8.53. The number of nitrogens with one attached hydrogen (secondary N) is 1. The van der Waals surface area contributed by atoms with E-state index in [2.05, 4.69) is 5.32 Å². The molecule has 1 rings (SSSR count). The van der Waals surface area contributed by atoms with Gasteiger partial charge in [-0.1, -0.05) is 7.43 Å². The molecule has 0 aliphatic carbocycles. The first kappa shape index (κ1) is 24.1. The molecule has 0 radical (unpaired) electrons. The number of ether oxygens (including phenoxy) is 3. The lowest BCUT2D eigenvalue weighted by Gasteiger charge is -2.11. The van der Waals surface area contributed by atoms with E-state index >= 15 is 0 Å². The van der Waals surface area contributed by atoms with E-state index in [1.807, 2.05) is 27.7 Å². The minimum Gasteiger partial charge on any atom is -0.460 e. The molecule has 0 spiro atoms. The van der Waals surface area contributed by atoms with Gasteiger partial charge >= 0.3 is 5.97 Å². The average molecular weight is 335 g/mol. The van der Waals surface area contributed by atoms with Crippen LogP contribution in [0.1, 0.15) is 48.0 Å². The van der Waals surface area contributed by atoms with Crippen LogP contribution < -0.4 is 5.32 Å². The first-order valence-electron chi connectivity index (χ1n) is 7.65. The summed E-state index contributed by atoms with van der Waals surface area (Å²) >= 11 is 0. The monoisotopic (exact) mass is 335 g/mol. The lowest BCUT2D eigenvalue weighted by atomic mass is 10.2. The second-order valence-corrected chi connectivity index (χ2v) is 5.47. The highest BCUT2D eigenvalue weighted by Gasteiger charge is 2.23. The molecule has 1 aliphatic heterocycles. The Kier molecular flexibility index (Phi) is 15.1. The highest BCUT2D eigenvalue weighted by Crippen LogP contribution is 2.14. The molecule has 1 heterocycles. The Bertz CT molecular complexity index is 320. The van der Waals surface area contributed by atoms with Crippen LogP contribution in [0.2, 0.25) is 0 Å². The van der Waals surface area contributed by atoms with Crippen LogP contribution in [0.25, 0.3) is 0 Å². The molecular weight excluding hydrogens is 302 g/mol. The van der Waals surface area contributed by atoms with Gasteiger partial charge in [-0.2, -0.15) is 0 Å². The molecule has 2 N–H and O–H groups in total. The molecule has 1 aliphatic rings. The Balaban J connectivity index is 0. The molecule has 1 saturated heterocycles. The van der Waals surface area contributed by atoms with Crippen molar-refractivity contribution in [3.63, 3.8) is 0 Å². The van der Waals surface area contributed by atoms with Gasteiger partial charge in [0.2, 0.25) is 5.91 Å². The van der Waals surface area contributed by atoms with E-state index < -0.39 is 0 Å². The summed E-state index contributed by atoms with van der Waals surface area (Å²) in [4.78, 5) is 21.4. The van der Waals surface area contributed by atoms with Crippen molar-refractivity contribution in [1.29, 1.82) is 0 Å². The summed E-state index contributed by atoms with van der Waals surface area (Å²) in [5, 5.41) is 10.8. The van der Waals surface area contributed by atoms with Gasteiger partial charge in [-0.05, 0) is 34.1 Å². The smallest absolute Gasteiger partial charge is 0.306 e. The Morgan fingerprint density at radius 2 is 1.91 bits per heavy atom. The molecule has 0 aromatic rings. The Morgan fingerprint density at radius 3 is 2.35 bits per heavy atom. The third-order valence-electron chi connectivity index (χ3n) is 2.57. The van der Waals surface area contributed by atoms with Crippen molar-refractivity contribution in [3.8, 4) is 0 Å². The SMILES string of the molecule is C.CC(C)OCC(=O)NCCO.CC(C)OCC1CCC(=O)O1. The van der Waals surface area contributed by atoms with Crippen molar-refractivity contribution in [2.24, 2.45) is 0 Å². The maximum absolute atomic E-state index is 10.8. The minimum atomic E-state index is -0.187. The number of amides is 1. The maximum Gasteiger partial charge on any atom is 0.306 e. The van der Waals surface area contributed by atoms with Crippen LogP contribution in [0.3, 0.4) is 0 Å². The van der Waals surface area contributed by atoms with E-state index in [4.69, 9.17) is 19.3 Å². The summed E-state index contributed by atoms with van der Waals surface area (Å²) < 4.78 is 15.3. The van der Waals surface area contributed by atoms with Gasteiger partial charge in [-0.25, -0.2) is 0 Å². The van der Waals surface area contributed by atoms with Crippen molar-refractivity contribution >= 4 is 11.9 Å². The van der Waals surface area contributed by atoms with Crippen LogP contribution in [0, 0.1) is 0 Å². The van der Waals surface area contributed by atoms with E-state index in [9.17, 15) is 9.59 Å². The zero-order valence-electron chi connectivity index (χ0n) is 14.0.